The van der Waals surface area contributed by atoms with Crippen molar-refractivity contribution in [1.82, 2.24) is 4.31 Å². The maximum absolute atomic E-state index is 12.0. The molecule has 0 aliphatic heterocycles. The Balaban J connectivity index is 2.83. The van der Waals surface area contributed by atoms with Crippen LogP contribution in [0, 0.1) is 0 Å². The third-order valence-electron chi connectivity index (χ3n) is 2.97. The molecule has 0 atom stereocenters. The van der Waals surface area contributed by atoms with Crippen LogP contribution in [0.5, 0.6) is 0 Å². The monoisotopic (exact) mass is 299 g/mol. The minimum absolute atomic E-state index is 0.00310. The van der Waals surface area contributed by atoms with Gasteiger partial charge in [0.2, 0.25) is 10.0 Å². The van der Waals surface area contributed by atoms with Gasteiger partial charge in [-0.05, 0) is 18.1 Å². The standard InChI is InChI=1S/C13H21N3O3S/c1-3-4-8-20(18,19)16(2)10-11-6-5-7-12(9-11)13(14)15-17/h5-7,9,17H,3-4,8,10H2,1-2H3,(H2,14,15). The first-order chi connectivity index (χ1) is 9.40. The molecule has 0 aliphatic carbocycles. The van der Waals surface area contributed by atoms with Crippen molar-refractivity contribution < 1.29 is 13.6 Å². The average molecular weight is 299 g/mol. The van der Waals surface area contributed by atoms with Crippen molar-refractivity contribution in [3.63, 3.8) is 0 Å². The molecule has 0 amide bonds. The fourth-order valence-corrected chi connectivity index (χ4v) is 3.04. The van der Waals surface area contributed by atoms with Gasteiger partial charge in [-0.3, -0.25) is 0 Å². The summed E-state index contributed by atoms with van der Waals surface area (Å²) >= 11 is 0. The molecule has 1 rings (SSSR count). The molecule has 0 unspecified atom stereocenters. The largest absolute Gasteiger partial charge is 0.409 e. The van der Waals surface area contributed by atoms with Gasteiger partial charge in [0.05, 0.1) is 5.75 Å². The molecule has 0 radical (unpaired) electrons. The summed E-state index contributed by atoms with van der Waals surface area (Å²) < 4.78 is 25.3. The number of hydrogen-bond donors (Lipinski definition) is 2. The van der Waals surface area contributed by atoms with E-state index >= 15 is 0 Å². The number of unbranched alkanes of at least 4 members (excludes halogenated alkanes) is 1. The smallest absolute Gasteiger partial charge is 0.214 e. The predicted octanol–water partition coefficient (Wildman–Crippen LogP) is 1.34. The normalized spacial score (nSPS) is 12.8. The molecule has 112 valence electrons. The van der Waals surface area contributed by atoms with Crippen LogP contribution in [0.4, 0.5) is 0 Å². The van der Waals surface area contributed by atoms with Crippen LogP contribution in [0.1, 0.15) is 30.9 Å². The number of rotatable bonds is 7. The maximum Gasteiger partial charge on any atom is 0.214 e. The fraction of sp³-hybridized carbons (Fsp3) is 0.462. The summed E-state index contributed by atoms with van der Waals surface area (Å²) in [6.07, 6.45) is 1.49. The Morgan fingerprint density at radius 1 is 1.45 bits per heavy atom. The van der Waals surface area contributed by atoms with Crippen LogP contribution in [-0.4, -0.2) is 36.6 Å². The molecule has 0 bridgehead atoms. The van der Waals surface area contributed by atoms with Crippen molar-refractivity contribution in [2.24, 2.45) is 10.9 Å². The molecular weight excluding hydrogens is 278 g/mol. The highest BCUT2D eigenvalue weighted by atomic mass is 32.2. The minimum atomic E-state index is -3.24. The van der Waals surface area contributed by atoms with Gasteiger partial charge in [0.25, 0.3) is 0 Å². The Morgan fingerprint density at radius 3 is 2.75 bits per heavy atom. The van der Waals surface area contributed by atoms with Crippen LogP contribution in [0.15, 0.2) is 29.4 Å². The summed E-state index contributed by atoms with van der Waals surface area (Å²) in [5.74, 6) is 0.156. The van der Waals surface area contributed by atoms with E-state index in [2.05, 4.69) is 5.16 Å². The lowest BCUT2D eigenvalue weighted by atomic mass is 10.1. The zero-order chi connectivity index (χ0) is 15.2. The van der Waals surface area contributed by atoms with Gasteiger partial charge >= 0.3 is 0 Å². The Labute approximate surface area is 119 Å². The highest BCUT2D eigenvalue weighted by Crippen LogP contribution is 2.11. The predicted molar refractivity (Wildman–Crippen MR) is 79.1 cm³/mol. The van der Waals surface area contributed by atoms with Gasteiger partial charge in [-0.15, -0.1) is 0 Å². The Bertz CT molecular complexity index is 570. The van der Waals surface area contributed by atoms with Crippen molar-refractivity contribution >= 4 is 15.9 Å². The molecule has 0 spiro atoms. The SMILES string of the molecule is CCCCS(=O)(=O)N(C)Cc1cccc(C(N)=NO)c1. The third kappa shape index (κ3) is 4.50. The number of hydrogen-bond acceptors (Lipinski definition) is 4. The lowest BCUT2D eigenvalue weighted by Gasteiger charge is -2.17. The molecular formula is C13H21N3O3S. The summed E-state index contributed by atoms with van der Waals surface area (Å²) in [4.78, 5) is 0. The van der Waals surface area contributed by atoms with Gasteiger partial charge in [-0.25, -0.2) is 12.7 Å². The van der Waals surface area contributed by atoms with Crippen molar-refractivity contribution in [3.8, 4) is 0 Å². The first-order valence-corrected chi connectivity index (χ1v) is 8.02. The lowest BCUT2D eigenvalue weighted by molar-refractivity contribution is 0.318. The summed E-state index contributed by atoms with van der Waals surface area (Å²) in [6.45, 7) is 2.22. The quantitative estimate of drug-likeness (QED) is 0.344. The molecule has 0 aromatic heterocycles. The highest BCUT2D eigenvalue weighted by Gasteiger charge is 2.17. The summed E-state index contributed by atoms with van der Waals surface area (Å²) in [6, 6.07) is 6.96. The van der Waals surface area contributed by atoms with E-state index in [0.29, 0.717) is 12.0 Å². The van der Waals surface area contributed by atoms with Crippen LogP contribution >= 0.6 is 0 Å². The molecule has 6 nitrogen and oxygen atoms in total. The first kappa shape index (κ1) is 16.5. The molecule has 20 heavy (non-hydrogen) atoms. The second kappa shape index (κ2) is 7.25. The van der Waals surface area contributed by atoms with Gasteiger partial charge < -0.3 is 10.9 Å². The van der Waals surface area contributed by atoms with Crippen LogP contribution in [-0.2, 0) is 16.6 Å². The second-order valence-corrected chi connectivity index (χ2v) is 6.81. The third-order valence-corrected chi connectivity index (χ3v) is 4.85. The van der Waals surface area contributed by atoms with E-state index in [1.807, 2.05) is 6.92 Å². The zero-order valence-electron chi connectivity index (χ0n) is 11.8. The second-order valence-electron chi connectivity index (χ2n) is 4.61. The molecule has 0 heterocycles. The fourth-order valence-electron chi connectivity index (χ4n) is 1.72. The van der Waals surface area contributed by atoms with Crippen LogP contribution in [0.3, 0.4) is 0 Å². The van der Waals surface area contributed by atoms with E-state index in [1.165, 1.54) is 4.31 Å². The van der Waals surface area contributed by atoms with E-state index < -0.39 is 10.0 Å². The Kier molecular flexibility index (Phi) is 5.97. The number of benzene rings is 1. The van der Waals surface area contributed by atoms with E-state index in [1.54, 1.807) is 31.3 Å². The highest BCUT2D eigenvalue weighted by molar-refractivity contribution is 7.89. The van der Waals surface area contributed by atoms with Gasteiger partial charge in [-0.2, -0.15) is 0 Å². The van der Waals surface area contributed by atoms with Gasteiger partial charge in [0, 0.05) is 19.2 Å². The number of nitrogens with zero attached hydrogens (tertiary/aromatic N) is 2. The van der Waals surface area contributed by atoms with Crippen molar-refractivity contribution in [3.05, 3.63) is 35.4 Å². The Morgan fingerprint density at radius 2 is 2.15 bits per heavy atom. The number of sulfonamides is 1. The number of nitrogens with two attached hydrogens (primary N) is 1. The number of amidine groups is 1. The van der Waals surface area contributed by atoms with Gasteiger partial charge in [0.15, 0.2) is 5.84 Å². The van der Waals surface area contributed by atoms with Crippen molar-refractivity contribution in [1.29, 1.82) is 0 Å². The summed E-state index contributed by atoms with van der Waals surface area (Å²) in [7, 11) is -1.68. The molecule has 0 saturated carbocycles. The van der Waals surface area contributed by atoms with E-state index in [-0.39, 0.29) is 18.1 Å². The molecule has 0 saturated heterocycles. The van der Waals surface area contributed by atoms with Crippen molar-refractivity contribution in [2.45, 2.75) is 26.3 Å². The topological polar surface area (TPSA) is 96.0 Å². The lowest BCUT2D eigenvalue weighted by Crippen LogP contribution is -2.29. The Hall–Kier alpha value is -1.60. The zero-order valence-corrected chi connectivity index (χ0v) is 12.6. The van der Waals surface area contributed by atoms with Gasteiger partial charge in [-0.1, -0.05) is 36.7 Å². The first-order valence-electron chi connectivity index (χ1n) is 6.41. The molecule has 3 N–H and O–H groups in total. The van der Waals surface area contributed by atoms with E-state index in [0.717, 1.165) is 12.0 Å². The van der Waals surface area contributed by atoms with E-state index in [4.69, 9.17) is 10.9 Å². The molecule has 0 aliphatic rings. The van der Waals surface area contributed by atoms with Crippen LogP contribution in [0.2, 0.25) is 0 Å². The molecule has 1 aromatic carbocycles. The maximum atomic E-state index is 12.0. The van der Waals surface area contributed by atoms with E-state index in [9.17, 15) is 8.42 Å². The minimum Gasteiger partial charge on any atom is -0.409 e. The summed E-state index contributed by atoms with van der Waals surface area (Å²) in [5, 5.41) is 11.6. The molecule has 1 aromatic rings. The number of oxime groups is 1. The van der Waals surface area contributed by atoms with Gasteiger partial charge in [0.1, 0.15) is 0 Å². The molecule has 7 heteroatoms. The van der Waals surface area contributed by atoms with Crippen molar-refractivity contribution in [2.75, 3.05) is 12.8 Å². The molecule has 0 fully saturated rings. The van der Waals surface area contributed by atoms with Crippen LogP contribution < -0.4 is 5.73 Å². The average Bonchev–Trinajstić information content (AvgIpc) is 2.44. The summed E-state index contributed by atoms with van der Waals surface area (Å²) in [5.41, 5.74) is 6.86. The van der Waals surface area contributed by atoms with Crippen LogP contribution in [0.25, 0.3) is 0 Å².